The Hall–Kier alpha value is -5.09. The van der Waals surface area contributed by atoms with Crippen LogP contribution in [0.3, 0.4) is 0 Å². The smallest absolute Gasteiger partial charge is 0.296 e. The highest BCUT2D eigenvalue weighted by atomic mass is 32.1. The van der Waals surface area contributed by atoms with Gasteiger partial charge in [0.25, 0.3) is 5.91 Å². The number of anilines is 1. The van der Waals surface area contributed by atoms with Gasteiger partial charge in [-0.25, -0.2) is 4.98 Å². The fourth-order valence-electron chi connectivity index (χ4n) is 4.95. The van der Waals surface area contributed by atoms with E-state index in [0.29, 0.717) is 57.6 Å². The van der Waals surface area contributed by atoms with Crippen LogP contribution < -0.4 is 19.1 Å². The van der Waals surface area contributed by atoms with Gasteiger partial charge in [-0.3, -0.25) is 14.5 Å². The first-order chi connectivity index (χ1) is 20.4. The van der Waals surface area contributed by atoms with E-state index in [9.17, 15) is 14.7 Å². The zero-order valence-electron chi connectivity index (χ0n) is 22.8. The number of furan rings is 1. The van der Waals surface area contributed by atoms with E-state index in [4.69, 9.17) is 18.6 Å². The number of Topliss-reactive ketones (excluding diaryl/α,β-unsaturated/α-hetero) is 1. The number of ether oxygens (including phenoxy) is 3. The second-order valence-corrected chi connectivity index (χ2v) is 10.4. The fraction of sp³-hybridized carbons (Fsp3) is 0.156. The quantitative estimate of drug-likeness (QED) is 0.141. The molecule has 2 aromatic heterocycles. The van der Waals surface area contributed by atoms with Crippen LogP contribution in [-0.4, -0.2) is 42.1 Å². The van der Waals surface area contributed by atoms with E-state index in [0.717, 1.165) is 4.70 Å². The van der Waals surface area contributed by atoms with Gasteiger partial charge in [-0.05, 0) is 55.0 Å². The number of para-hydroxylation sites is 1. The minimum atomic E-state index is -0.986. The Labute approximate surface area is 244 Å². The number of ketones is 1. The fourth-order valence-corrected chi connectivity index (χ4v) is 5.97. The summed E-state index contributed by atoms with van der Waals surface area (Å²) in [4.78, 5) is 33.7. The van der Waals surface area contributed by atoms with Crippen molar-refractivity contribution in [3.05, 3.63) is 102 Å². The molecule has 3 heterocycles. The molecule has 0 aliphatic carbocycles. The molecule has 1 N–H and O–H groups in total. The van der Waals surface area contributed by atoms with Crippen LogP contribution in [0.2, 0.25) is 0 Å². The molecule has 42 heavy (non-hydrogen) atoms. The van der Waals surface area contributed by atoms with Crippen molar-refractivity contribution in [2.45, 2.75) is 13.0 Å². The number of hydrogen-bond donors (Lipinski definition) is 1. The van der Waals surface area contributed by atoms with Crippen molar-refractivity contribution in [2.24, 2.45) is 0 Å². The molecule has 5 aromatic rings. The largest absolute Gasteiger partial charge is 0.503 e. The average Bonchev–Trinajstić information content (AvgIpc) is 3.70. The summed E-state index contributed by atoms with van der Waals surface area (Å²) in [5, 5.41) is 12.2. The Bertz CT molecular complexity index is 1870. The van der Waals surface area contributed by atoms with Gasteiger partial charge in [-0.1, -0.05) is 48.3 Å². The summed E-state index contributed by atoms with van der Waals surface area (Å²) in [5.74, 6) is -0.348. The molecule has 3 aromatic carbocycles. The Balaban J connectivity index is 1.46. The summed E-state index contributed by atoms with van der Waals surface area (Å²) < 4.78 is 23.3. The number of nitrogens with zero attached hydrogens (tertiary/aromatic N) is 2. The molecule has 1 aliphatic heterocycles. The second kappa shape index (κ2) is 11.1. The monoisotopic (exact) mass is 582 g/mol. The highest BCUT2D eigenvalue weighted by Gasteiger charge is 2.46. The molecule has 9 nitrogen and oxygen atoms in total. The lowest BCUT2D eigenvalue weighted by atomic mass is 9.95. The summed E-state index contributed by atoms with van der Waals surface area (Å²) >= 11 is 1.26. The predicted molar refractivity (Wildman–Crippen MR) is 160 cm³/mol. The van der Waals surface area contributed by atoms with Crippen molar-refractivity contribution in [1.29, 1.82) is 0 Å². The van der Waals surface area contributed by atoms with Crippen molar-refractivity contribution in [2.75, 3.05) is 25.2 Å². The standard InChI is InChI=1S/C32H26N2O7S/c1-4-15-40-20-11-9-18(10-12-20)27-26(28(35)24-16-19-7-6-8-23(38-3)30(19)41-24)29(36)31(37)34(27)32-33-22-14-13-21(39-5-2)17-25(22)42-32/h4,6-14,16-17,27,36H,1,5,15H2,2-3H3. The summed E-state index contributed by atoms with van der Waals surface area (Å²) in [7, 11) is 1.51. The van der Waals surface area contributed by atoms with Gasteiger partial charge in [0.15, 0.2) is 28.0 Å². The van der Waals surface area contributed by atoms with E-state index >= 15 is 0 Å². The molecule has 0 fully saturated rings. The molecule has 0 radical (unpaired) electrons. The molecule has 0 bridgehead atoms. The molecule has 6 rings (SSSR count). The maximum absolute atomic E-state index is 14.0. The first-order valence-corrected chi connectivity index (χ1v) is 14.0. The minimum absolute atomic E-state index is 0.0349. The van der Waals surface area contributed by atoms with Crippen molar-refractivity contribution in [3.8, 4) is 17.2 Å². The third kappa shape index (κ3) is 4.65. The van der Waals surface area contributed by atoms with Crippen LogP contribution in [0.15, 0.2) is 95.1 Å². The van der Waals surface area contributed by atoms with Gasteiger partial charge in [0.05, 0.1) is 35.5 Å². The molecule has 212 valence electrons. The zero-order chi connectivity index (χ0) is 29.4. The van der Waals surface area contributed by atoms with Crippen molar-refractivity contribution in [3.63, 3.8) is 0 Å². The summed E-state index contributed by atoms with van der Waals surface area (Å²) in [6, 6.07) is 18.3. The highest BCUT2D eigenvalue weighted by molar-refractivity contribution is 7.22. The number of rotatable bonds is 10. The molecule has 0 saturated carbocycles. The number of aliphatic hydroxyl groups is 1. The van der Waals surface area contributed by atoms with Gasteiger partial charge < -0.3 is 23.7 Å². The van der Waals surface area contributed by atoms with Gasteiger partial charge in [-0.2, -0.15) is 0 Å². The number of carbonyl (C=O) groups excluding carboxylic acids is 2. The van der Waals surface area contributed by atoms with Crippen molar-refractivity contribution >= 4 is 49.3 Å². The first kappa shape index (κ1) is 27.1. The van der Waals surface area contributed by atoms with E-state index in [1.807, 2.05) is 19.1 Å². The van der Waals surface area contributed by atoms with Crippen LogP contribution >= 0.6 is 11.3 Å². The number of aromatic nitrogens is 1. The van der Waals surface area contributed by atoms with E-state index < -0.39 is 23.5 Å². The van der Waals surface area contributed by atoms with Crippen LogP contribution in [-0.2, 0) is 4.79 Å². The summed E-state index contributed by atoms with van der Waals surface area (Å²) in [5.41, 5.74) is 1.50. The summed E-state index contributed by atoms with van der Waals surface area (Å²) in [6.45, 7) is 6.39. The van der Waals surface area contributed by atoms with Gasteiger partial charge in [0, 0.05) is 5.39 Å². The van der Waals surface area contributed by atoms with Gasteiger partial charge >= 0.3 is 0 Å². The molecule has 1 aliphatic rings. The molecule has 0 spiro atoms. The van der Waals surface area contributed by atoms with Gasteiger partial charge in [0.2, 0.25) is 5.78 Å². The number of carbonyl (C=O) groups is 2. The minimum Gasteiger partial charge on any atom is -0.503 e. The average molecular weight is 583 g/mol. The number of hydrogen-bond acceptors (Lipinski definition) is 9. The van der Waals surface area contributed by atoms with Crippen LogP contribution in [0.5, 0.6) is 17.2 Å². The molecule has 10 heteroatoms. The second-order valence-electron chi connectivity index (χ2n) is 9.39. The predicted octanol–water partition coefficient (Wildman–Crippen LogP) is 6.80. The first-order valence-electron chi connectivity index (χ1n) is 13.2. The van der Waals surface area contributed by atoms with E-state index in [1.165, 1.54) is 23.3 Å². The lowest BCUT2D eigenvalue weighted by molar-refractivity contribution is -0.117. The van der Waals surface area contributed by atoms with Crippen LogP contribution in [0.4, 0.5) is 5.13 Å². The number of thiazole rings is 1. The molecule has 1 unspecified atom stereocenters. The lowest BCUT2D eigenvalue weighted by Crippen LogP contribution is -2.30. The third-order valence-electron chi connectivity index (χ3n) is 6.83. The van der Waals surface area contributed by atoms with Crippen molar-refractivity contribution in [1.82, 2.24) is 4.98 Å². The summed E-state index contributed by atoms with van der Waals surface area (Å²) in [6.07, 6.45) is 1.63. The van der Waals surface area contributed by atoms with Crippen LogP contribution in [0.25, 0.3) is 21.2 Å². The molecular formula is C32H26N2O7S. The lowest BCUT2D eigenvalue weighted by Gasteiger charge is -2.24. The number of aliphatic hydroxyl groups excluding tert-OH is 1. The van der Waals surface area contributed by atoms with Crippen LogP contribution in [0, 0.1) is 0 Å². The SMILES string of the molecule is C=CCOc1ccc(C2C(C(=O)c3cc4cccc(OC)c4o3)=C(O)C(=O)N2c2nc3ccc(OCC)cc3s2)cc1. The van der Waals surface area contributed by atoms with E-state index in [2.05, 4.69) is 11.6 Å². The number of fused-ring (bicyclic) bond motifs is 2. The topological polar surface area (TPSA) is 111 Å². The normalized spacial score (nSPS) is 15.0. The Kier molecular flexibility index (Phi) is 7.13. The molecular weight excluding hydrogens is 556 g/mol. The van der Waals surface area contributed by atoms with Gasteiger partial charge in [-0.15, -0.1) is 0 Å². The third-order valence-corrected chi connectivity index (χ3v) is 7.85. The molecule has 0 saturated heterocycles. The Morgan fingerprint density at radius 3 is 2.64 bits per heavy atom. The maximum Gasteiger partial charge on any atom is 0.296 e. The van der Waals surface area contributed by atoms with Crippen molar-refractivity contribution < 1.29 is 33.3 Å². The number of methoxy groups -OCH3 is 1. The maximum atomic E-state index is 14.0. The number of benzene rings is 3. The zero-order valence-corrected chi connectivity index (χ0v) is 23.6. The van der Waals surface area contributed by atoms with E-state index in [-0.39, 0.29) is 11.3 Å². The highest BCUT2D eigenvalue weighted by Crippen LogP contribution is 2.45. The van der Waals surface area contributed by atoms with Gasteiger partial charge in [0.1, 0.15) is 18.1 Å². The Morgan fingerprint density at radius 1 is 1.12 bits per heavy atom. The number of amides is 1. The van der Waals surface area contributed by atoms with E-state index in [1.54, 1.807) is 60.7 Å². The Morgan fingerprint density at radius 2 is 1.90 bits per heavy atom. The molecule has 1 amide bonds. The van der Waals surface area contributed by atoms with Crippen LogP contribution in [0.1, 0.15) is 29.1 Å². The molecule has 1 atom stereocenters.